The van der Waals surface area contributed by atoms with Gasteiger partial charge in [0.1, 0.15) is 0 Å². The molecular formula is C16H26CaO4. The van der Waals surface area contributed by atoms with E-state index >= 15 is 0 Å². The van der Waals surface area contributed by atoms with Crippen LogP contribution < -0.4 is 10.2 Å². The van der Waals surface area contributed by atoms with Crippen molar-refractivity contribution < 1.29 is 19.8 Å². The minimum absolute atomic E-state index is 0. The van der Waals surface area contributed by atoms with Gasteiger partial charge < -0.3 is 19.8 Å². The number of carbonyl (C=O) groups excluding carboxylic acids is 2. The predicted octanol–water partition coefficient (Wildman–Crippen LogP) is 1.03. The molecule has 2 aliphatic carbocycles. The Kier molecular flexibility index (Phi) is 12.8. The quantitative estimate of drug-likeness (QED) is 0.684. The van der Waals surface area contributed by atoms with E-state index in [-0.39, 0.29) is 50.6 Å². The third-order valence-electron chi connectivity index (χ3n) is 4.46. The van der Waals surface area contributed by atoms with Crippen molar-refractivity contribution in [1.82, 2.24) is 0 Å². The van der Waals surface area contributed by atoms with Crippen LogP contribution in [0.25, 0.3) is 0 Å². The minimum atomic E-state index is -0.896. The van der Waals surface area contributed by atoms with Crippen LogP contribution in [0.15, 0.2) is 0 Å². The van der Waals surface area contributed by atoms with E-state index in [1.54, 1.807) is 0 Å². The Bertz CT molecular complexity index is 265. The number of hydrogen-bond acceptors (Lipinski definition) is 4. The van der Waals surface area contributed by atoms with Crippen molar-refractivity contribution in [2.45, 2.75) is 77.0 Å². The third kappa shape index (κ3) is 11.4. The summed E-state index contributed by atoms with van der Waals surface area (Å²) >= 11 is 0. The zero-order chi connectivity index (χ0) is 14.8. The van der Waals surface area contributed by atoms with Gasteiger partial charge in [0, 0.05) is 11.9 Å². The van der Waals surface area contributed by atoms with Crippen molar-refractivity contribution >= 4 is 49.7 Å². The SMILES string of the molecule is O=C([O-])CCC1CCCC1.O=C([O-])CCC1CCCC1.[Ca+2]. The van der Waals surface area contributed by atoms with Gasteiger partial charge in [0.05, 0.1) is 0 Å². The first-order chi connectivity index (χ1) is 9.58. The van der Waals surface area contributed by atoms with Crippen LogP contribution in [-0.2, 0) is 9.59 Å². The maximum atomic E-state index is 10.0. The van der Waals surface area contributed by atoms with Crippen molar-refractivity contribution in [3.05, 3.63) is 0 Å². The molecule has 21 heavy (non-hydrogen) atoms. The molecule has 0 unspecified atom stereocenters. The van der Waals surface area contributed by atoms with E-state index in [0.717, 1.165) is 12.8 Å². The average Bonchev–Trinajstić information content (AvgIpc) is 3.08. The van der Waals surface area contributed by atoms with E-state index in [1.165, 1.54) is 51.4 Å². The van der Waals surface area contributed by atoms with Crippen LogP contribution in [-0.4, -0.2) is 49.7 Å². The van der Waals surface area contributed by atoms with E-state index in [4.69, 9.17) is 0 Å². The third-order valence-corrected chi connectivity index (χ3v) is 4.46. The Labute approximate surface area is 157 Å². The van der Waals surface area contributed by atoms with Gasteiger partial charge in [-0.2, -0.15) is 0 Å². The number of carboxylic acids is 2. The van der Waals surface area contributed by atoms with Gasteiger partial charge in [-0.15, -0.1) is 0 Å². The molecule has 0 saturated heterocycles. The predicted molar refractivity (Wildman–Crippen MR) is 78.2 cm³/mol. The largest absolute Gasteiger partial charge is 2.00 e. The summed E-state index contributed by atoms with van der Waals surface area (Å²) in [6.45, 7) is 0. The maximum absolute atomic E-state index is 10.0. The average molecular weight is 322 g/mol. The minimum Gasteiger partial charge on any atom is -0.550 e. The van der Waals surface area contributed by atoms with E-state index in [1.807, 2.05) is 0 Å². The Morgan fingerprint density at radius 3 is 1.24 bits per heavy atom. The molecule has 2 rings (SSSR count). The molecule has 0 atom stereocenters. The van der Waals surface area contributed by atoms with Crippen LogP contribution >= 0.6 is 0 Å². The normalized spacial score (nSPS) is 18.7. The van der Waals surface area contributed by atoms with Crippen molar-refractivity contribution in [2.75, 3.05) is 0 Å². The van der Waals surface area contributed by atoms with Gasteiger partial charge in [0.2, 0.25) is 0 Å². The van der Waals surface area contributed by atoms with Crippen molar-refractivity contribution in [1.29, 1.82) is 0 Å². The molecule has 0 spiro atoms. The molecule has 0 radical (unpaired) electrons. The summed E-state index contributed by atoms with van der Waals surface area (Å²) in [5.74, 6) is -0.436. The van der Waals surface area contributed by atoms with Crippen LogP contribution in [0.2, 0.25) is 0 Å². The summed E-state index contributed by atoms with van der Waals surface area (Å²) in [4.78, 5) is 20.1. The monoisotopic (exact) mass is 322 g/mol. The Morgan fingerprint density at radius 1 is 0.714 bits per heavy atom. The zero-order valence-electron chi connectivity index (χ0n) is 13.0. The topological polar surface area (TPSA) is 80.3 Å². The number of carbonyl (C=O) groups is 2. The molecular weight excluding hydrogens is 296 g/mol. The van der Waals surface area contributed by atoms with E-state index in [2.05, 4.69) is 0 Å². The first-order valence-electron chi connectivity index (χ1n) is 7.97. The molecule has 0 aromatic heterocycles. The Morgan fingerprint density at radius 2 is 1.00 bits per heavy atom. The van der Waals surface area contributed by atoms with Gasteiger partial charge in [0.25, 0.3) is 0 Å². The van der Waals surface area contributed by atoms with Gasteiger partial charge >= 0.3 is 37.7 Å². The van der Waals surface area contributed by atoms with Gasteiger partial charge in [-0.1, -0.05) is 51.4 Å². The first kappa shape index (κ1) is 21.2. The molecule has 5 heteroatoms. The molecule has 0 bridgehead atoms. The van der Waals surface area contributed by atoms with Gasteiger partial charge in [-0.05, 0) is 37.5 Å². The molecule has 116 valence electrons. The van der Waals surface area contributed by atoms with E-state index in [9.17, 15) is 19.8 Å². The molecule has 0 aromatic rings. The molecule has 4 nitrogen and oxygen atoms in total. The fraction of sp³-hybridized carbons (Fsp3) is 0.875. The van der Waals surface area contributed by atoms with Crippen LogP contribution in [0, 0.1) is 11.8 Å². The number of rotatable bonds is 6. The van der Waals surface area contributed by atoms with Crippen molar-refractivity contribution in [3.63, 3.8) is 0 Å². The zero-order valence-corrected chi connectivity index (χ0v) is 15.2. The number of aliphatic carboxylic acids is 2. The van der Waals surface area contributed by atoms with Gasteiger partial charge in [-0.25, -0.2) is 0 Å². The summed E-state index contributed by atoms with van der Waals surface area (Å²) in [5.41, 5.74) is 0. The fourth-order valence-corrected chi connectivity index (χ4v) is 3.24. The van der Waals surface area contributed by atoms with E-state index < -0.39 is 11.9 Å². The summed E-state index contributed by atoms with van der Waals surface area (Å²) < 4.78 is 0. The second-order valence-electron chi connectivity index (χ2n) is 6.12. The molecule has 0 amide bonds. The summed E-state index contributed by atoms with van der Waals surface area (Å²) in [5, 5.41) is 20.1. The fourth-order valence-electron chi connectivity index (χ4n) is 3.24. The van der Waals surface area contributed by atoms with Gasteiger partial charge in [-0.3, -0.25) is 0 Å². The smallest absolute Gasteiger partial charge is 0.550 e. The Balaban J connectivity index is 0.000000364. The molecule has 0 aliphatic heterocycles. The van der Waals surface area contributed by atoms with Crippen LogP contribution in [0.3, 0.4) is 0 Å². The second kappa shape index (κ2) is 12.7. The number of carboxylic acid groups (broad SMARTS) is 2. The van der Waals surface area contributed by atoms with Crippen LogP contribution in [0.4, 0.5) is 0 Å². The number of hydrogen-bond donors (Lipinski definition) is 0. The molecule has 0 heterocycles. The standard InChI is InChI=1S/2C8H14O2.Ca/c2*9-8(10)6-5-7-3-1-2-4-7;/h2*7H,1-6H2,(H,9,10);/q;;+2/p-2. The van der Waals surface area contributed by atoms with Crippen LogP contribution in [0.5, 0.6) is 0 Å². The van der Waals surface area contributed by atoms with E-state index in [0.29, 0.717) is 11.8 Å². The second-order valence-corrected chi connectivity index (χ2v) is 6.12. The maximum Gasteiger partial charge on any atom is 2.00 e. The Hall–Kier alpha value is 0.200. The summed E-state index contributed by atoms with van der Waals surface area (Å²) in [6.07, 6.45) is 12.3. The summed E-state index contributed by atoms with van der Waals surface area (Å²) in [7, 11) is 0. The molecule has 0 N–H and O–H groups in total. The molecule has 2 saturated carbocycles. The van der Waals surface area contributed by atoms with Gasteiger partial charge in [0.15, 0.2) is 0 Å². The van der Waals surface area contributed by atoms with Crippen LogP contribution in [0.1, 0.15) is 77.0 Å². The summed E-state index contributed by atoms with van der Waals surface area (Å²) in [6, 6.07) is 0. The van der Waals surface area contributed by atoms with Crippen molar-refractivity contribution in [3.8, 4) is 0 Å². The van der Waals surface area contributed by atoms with Crippen molar-refractivity contribution in [2.24, 2.45) is 11.8 Å². The first-order valence-corrected chi connectivity index (χ1v) is 7.97. The molecule has 2 fully saturated rings. The molecule has 0 aromatic carbocycles. The molecule has 2 aliphatic rings.